The molecule has 0 aliphatic carbocycles. The van der Waals surface area contributed by atoms with E-state index in [0.717, 1.165) is 28.6 Å². The summed E-state index contributed by atoms with van der Waals surface area (Å²) < 4.78 is 7.87. The number of H-pyrrole nitrogens is 1. The van der Waals surface area contributed by atoms with E-state index >= 15 is 0 Å². The average Bonchev–Trinajstić information content (AvgIpc) is 3.31. The lowest BCUT2D eigenvalue weighted by Crippen LogP contribution is -2.25. The fraction of sp³-hybridized carbons (Fsp3) is 0.368. The van der Waals surface area contributed by atoms with E-state index in [9.17, 15) is 0 Å². The lowest BCUT2D eigenvalue weighted by Gasteiger charge is -2.23. The van der Waals surface area contributed by atoms with Gasteiger partial charge in [-0.2, -0.15) is 14.7 Å². The SMILES string of the molecule is CC(C)Cc1cc(-c2nnc3sc(C(C)(C)Oc4ccc(Cl)cc4)nn23)n[nH]1. The molecule has 7 nitrogen and oxygen atoms in total. The van der Waals surface area contributed by atoms with Crippen LogP contribution in [-0.4, -0.2) is 30.0 Å². The van der Waals surface area contributed by atoms with Crippen molar-refractivity contribution in [3.05, 3.63) is 46.1 Å². The maximum absolute atomic E-state index is 6.14. The molecule has 4 aromatic rings. The van der Waals surface area contributed by atoms with Gasteiger partial charge in [0.15, 0.2) is 10.6 Å². The van der Waals surface area contributed by atoms with Crippen molar-refractivity contribution in [1.82, 2.24) is 30.0 Å². The van der Waals surface area contributed by atoms with E-state index in [4.69, 9.17) is 21.4 Å². The van der Waals surface area contributed by atoms with Gasteiger partial charge in [0.1, 0.15) is 11.4 Å². The zero-order valence-corrected chi connectivity index (χ0v) is 17.7. The predicted octanol–water partition coefficient (Wildman–Crippen LogP) is 4.74. The summed E-state index contributed by atoms with van der Waals surface area (Å²) in [7, 11) is 0. The minimum absolute atomic E-state index is 0.545. The normalized spacial score (nSPS) is 12.2. The van der Waals surface area contributed by atoms with E-state index in [-0.39, 0.29) is 0 Å². The second-order valence-electron chi connectivity index (χ2n) is 7.57. The van der Waals surface area contributed by atoms with Crippen LogP contribution in [0.3, 0.4) is 0 Å². The van der Waals surface area contributed by atoms with Gasteiger partial charge >= 0.3 is 0 Å². The van der Waals surface area contributed by atoms with E-state index in [0.29, 0.717) is 21.7 Å². The van der Waals surface area contributed by atoms with Crippen LogP contribution in [0.15, 0.2) is 30.3 Å². The Morgan fingerprint density at radius 3 is 2.68 bits per heavy atom. The van der Waals surface area contributed by atoms with Gasteiger partial charge in [0.25, 0.3) is 0 Å². The molecule has 1 N–H and O–H groups in total. The number of aromatic nitrogens is 6. The highest BCUT2D eigenvalue weighted by atomic mass is 35.5. The molecule has 3 heterocycles. The fourth-order valence-corrected chi connectivity index (χ4v) is 3.89. The molecule has 0 spiro atoms. The molecular weight excluding hydrogens is 396 g/mol. The fourth-order valence-electron chi connectivity index (χ4n) is 2.88. The van der Waals surface area contributed by atoms with Gasteiger partial charge in [-0.05, 0) is 56.5 Å². The zero-order valence-electron chi connectivity index (χ0n) is 16.1. The van der Waals surface area contributed by atoms with E-state index in [1.807, 2.05) is 32.0 Å². The summed E-state index contributed by atoms with van der Waals surface area (Å²) in [5.41, 5.74) is 1.17. The van der Waals surface area contributed by atoms with E-state index in [1.165, 1.54) is 11.3 Å². The van der Waals surface area contributed by atoms with Gasteiger partial charge in [0.2, 0.25) is 10.8 Å². The molecule has 0 amide bonds. The molecule has 0 saturated heterocycles. The minimum atomic E-state index is -0.634. The number of nitrogens with one attached hydrogen (secondary N) is 1. The maximum Gasteiger partial charge on any atom is 0.235 e. The van der Waals surface area contributed by atoms with Crippen molar-refractivity contribution in [2.75, 3.05) is 0 Å². The van der Waals surface area contributed by atoms with Crippen molar-refractivity contribution in [1.29, 1.82) is 0 Å². The summed E-state index contributed by atoms with van der Waals surface area (Å²) in [6, 6.07) is 9.29. The van der Waals surface area contributed by atoms with Crippen LogP contribution in [0.1, 0.15) is 38.4 Å². The first-order valence-corrected chi connectivity index (χ1v) is 10.2. The summed E-state index contributed by atoms with van der Waals surface area (Å²) in [4.78, 5) is 0.700. The van der Waals surface area contributed by atoms with Crippen molar-refractivity contribution in [3.63, 3.8) is 0 Å². The van der Waals surface area contributed by atoms with E-state index < -0.39 is 5.60 Å². The smallest absolute Gasteiger partial charge is 0.235 e. The van der Waals surface area contributed by atoms with Crippen LogP contribution in [-0.2, 0) is 12.0 Å². The van der Waals surface area contributed by atoms with E-state index in [1.54, 1.807) is 16.6 Å². The molecule has 0 aliphatic rings. The van der Waals surface area contributed by atoms with Crippen molar-refractivity contribution in [2.24, 2.45) is 5.92 Å². The number of hydrogen-bond acceptors (Lipinski definition) is 6. The Labute approximate surface area is 171 Å². The minimum Gasteiger partial charge on any atom is -0.481 e. The summed E-state index contributed by atoms with van der Waals surface area (Å²) in [6.07, 6.45) is 0.930. The molecule has 28 heavy (non-hydrogen) atoms. The number of halogens is 1. The Balaban J connectivity index is 1.63. The van der Waals surface area contributed by atoms with Crippen LogP contribution in [0.25, 0.3) is 16.5 Å². The Kier molecular flexibility index (Phi) is 4.84. The Morgan fingerprint density at radius 1 is 1.21 bits per heavy atom. The number of aromatic amines is 1. The zero-order chi connectivity index (χ0) is 19.9. The van der Waals surface area contributed by atoms with Crippen LogP contribution in [0.5, 0.6) is 5.75 Å². The summed E-state index contributed by atoms with van der Waals surface area (Å²) in [5.74, 6) is 1.89. The number of nitrogens with zero attached hydrogens (tertiary/aromatic N) is 5. The number of fused-ring (bicyclic) bond motifs is 1. The highest BCUT2D eigenvalue weighted by molar-refractivity contribution is 7.16. The summed E-state index contributed by atoms with van der Waals surface area (Å²) in [6.45, 7) is 8.29. The molecular formula is C19H21ClN6OS. The van der Waals surface area contributed by atoms with Gasteiger partial charge in [-0.25, -0.2) is 0 Å². The highest BCUT2D eigenvalue weighted by Crippen LogP contribution is 2.32. The molecule has 0 aliphatic heterocycles. The third kappa shape index (κ3) is 3.74. The Hall–Kier alpha value is -2.45. The van der Waals surface area contributed by atoms with Crippen molar-refractivity contribution in [3.8, 4) is 17.3 Å². The second-order valence-corrected chi connectivity index (χ2v) is 8.96. The molecule has 0 radical (unpaired) electrons. The van der Waals surface area contributed by atoms with Gasteiger partial charge in [0.05, 0.1) is 0 Å². The first-order chi connectivity index (χ1) is 13.3. The largest absolute Gasteiger partial charge is 0.481 e. The molecule has 1 aromatic carbocycles. The van der Waals surface area contributed by atoms with Gasteiger partial charge in [-0.3, -0.25) is 5.10 Å². The summed E-state index contributed by atoms with van der Waals surface area (Å²) >= 11 is 7.40. The number of benzene rings is 1. The van der Waals surface area contributed by atoms with Crippen molar-refractivity contribution < 1.29 is 4.74 Å². The van der Waals surface area contributed by atoms with Crippen LogP contribution in [0.4, 0.5) is 0 Å². The molecule has 9 heteroatoms. The molecule has 146 valence electrons. The van der Waals surface area contributed by atoms with Crippen molar-refractivity contribution >= 4 is 27.9 Å². The van der Waals surface area contributed by atoms with Gasteiger partial charge in [0, 0.05) is 10.7 Å². The van der Waals surface area contributed by atoms with E-state index in [2.05, 4.69) is 34.2 Å². The molecule has 0 bridgehead atoms. The van der Waals surface area contributed by atoms with Crippen LogP contribution < -0.4 is 4.74 Å². The van der Waals surface area contributed by atoms with Gasteiger partial charge < -0.3 is 4.74 Å². The van der Waals surface area contributed by atoms with Gasteiger partial charge in [-0.15, -0.1) is 10.2 Å². The second kappa shape index (κ2) is 7.18. The number of ether oxygens (including phenoxy) is 1. The third-order valence-electron chi connectivity index (χ3n) is 4.18. The first-order valence-electron chi connectivity index (χ1n) is 9.04. The quantitative estimate of drug-likeness (QED) is 0.490. The first kappa shape index (κ1) is 18.9. The molecule has 0 unspecified atom stereocenters. The Morgan fingerprint density at radius 2 is 1.96 bits per heavy atom. The predicted molar refractivity (Wildman–Crippen MR) is 110 cm³/mol. The van der Waals surface area contributed by atoms with Gasteiger partial charge in [-0.1, -0.05) is 36.8 Å². The van der Waals surface area contributed by atoms with Crippen LogP contribution >= 0.6 is 22.9 Å². The lowest BCUT2D eigenvalue weighted by atomic mass is 10.1. The topological polar surface area (TPSA) is 81.0 Å². The molecule has 4 rings (SSSR count). The monoisotopic (exact) mass is 416 g/mol. The lowest BCUT2D eigenvalue weighted by molar-refractivity contribution is 0.107. The highest BCUT2D eigenvalue weighted by Gasteiger charge is 2.29. The number of hydrogen-bond donors (Lipinski definition) is 1. The Bertz CT molecular complexity index is 1100. The molecule has 0 saturated carbocycles. The molecule has 0 atom stereocenters. The van der Waals surface area contributed by atoms with Crippen LogP contribution in [0.2, 0.25) is 5.02 Å². The standard InChI is InChI=1S/C19H21ClN6OS/c1-11(2)9-13-10-15(22-21-13)16-23-24-18-26(16)25-17(28-18)19(3,4)27-14-7-5-12(20)6-8-14/h5-8,10-11H,9H2,1-4H3,(H,21,22). The number of rotatable bonds is 6. The maximum atomic E-state index is 6.14. The third-order valence-corrected chi connectivity index (χ3v) is 5.64. The summed E-state index contributed by atoms with van der Waals surface area (Å²) in [5, 5.41) is 22.2. The molecule has 3 aromatic heterocycles. The molecule has 0 fully saturated rings. The van der Waals surface area contributed by atoms with Crippen LogP contribution in [0, 0.1) is 5.92 Å². The van der Waals surface area contributed by atoms with Crippen molar-refractivity contribution in [2.45, 2.75) is 39.7 Å². The average molecular weight is 417 g/mol.